The monoisotopic (exact) mass is 390 g/mol. The molecule has 0 aliphatic carbocycles. The van der Waals surface area contributed by atoms with Gasteiger partial charge >= 0.3 is 0 Å². The second-order valence-corrected chi connectivity index (χ2v) is 7.93. The largest absolute Gasteiger partial charge is 0.354 e. The quantitative estimate of drug-likeness (QED) is 0.667. The van der Waals surface area contributed by atoms with E-state index in [-0.39, 0.29) is 12.1 Å². The van der Waals surface area contributed by atoms with Gasteiger partial charge in [0, 0.05) is 16.8 Å². The maximum Gasteiger partial charge on any atom is 0.179 e. The smallest absolute Gasteiger partial charge is 0.179 e. The first-order valence-electron chi connectivity index (χ1n) is 10.4. The Kier molecular flexibility index (Phi) is 5.19. The predicted octanol–water partition coefficient (Wildman–Crippen LogP) is 4.10. The number of ether oxygens (including phenoxy) is 2. The van der Waals surface area contributed by atoms with E-state index in [0.717, 1.165) is 53.7 Å². The van der Waals surface area contributed by atoms with Crippen LogP contribution >= 0.6 is 0 Å². The van der Waals surface area contributed by atoms with E-state index >= 15 is 0 Å². The van der Waals surface area contributed by atoms with Gasteiger partial charge in [-0.3, -0.25) is 9.69 Å². The summed E-state index contributed by atoms with van der Waals surface area (Å²) < 4.78 is 11.3. The van der Waals surface area contributed by atoms with Crippen molar-refractivity contribution in [3.8, 4) is 11.3 Å². The van der Waals surface area contributed by atoms with Gasteiger partial charge in [0.25, 0.3) is 0 Å². The molecule has 3 heterocycles. The summed E-state index contributed by atoms with van der Waals surface area (Å²) in [5.74, 6) is 0.616. The number of fused-ring (bicyclic) bond motifs is 1. The van der Waals surface area contributed by atoms with Gasteiger partial charge in [0.2, 0.25) is 0 Å². The molecule has 2 aliphatic heterocycles. The van der Waals surface area contributed by atoms with E-state index in [0.29, 0.717) is 25.7 Å². The van der Waals surface area contributed by atoms with Crippen LogP contribution in [0.5, 0.6) is 0 Å². The van der Waals surface area contributed by atoms with Gasteiger partial charge in [-0.1, -0.05) is 48.5 Å². The number of piperidine rings is 1. The van der Waals surface area contributed by atoms with Crippen molar-refractivity contribution < 1.29 is 14.3 Å². The van der Waals surface area contributed by atoms with E-state index in [1.807, 2.05) is 42.5 Å². The number of hydrogen-bond acceptors (Lipinski definition) is 4. The van der Waals surface area contributed by atoms with Crippen molar-refractivity contribution in [1.82, 2.24) is 9.88 Å². The van der Waals surface area contributed by atoms with Gasteiger partial charge in [0.15, 0.2) is 12.1 Å². The first-order valence-corrected chi connectivity index (χ1v) is 10.4. The molecule has 3 aromatic rings. The normalized spacial score (nSPS) is 19.2. The lowest BCUT2D eigenvalue weighted by molar-refractivity contribution is -0.0968. The summed E-state index contributed by atoms with van der Waals surface area (Å²) >= 11 is 0. The van der Waals surface area contributed by atoms with Gasteiger partial charge in [-0.05, 0) is 37.6 Å². The number of likely N-dealkylation sites (tertiary alicyclic amines) is 1. The molecule has 0 bridgehead atoms. The van der Waals surface area contributed by atoms with Crippen molar-refractivity contribution in [3.05, 3.63) is 60.2 Å². The summed E-state index contributed by atoms with van der Waals surface area (Å²) in [6.45, 7) is 3.66. The highest BCUT2D eigenvalue weighted by atomic mass is 16.7. The van der Waals surface area contributed by atoms with E-state index < -0.39 is 0 Å². The molecule has 5 heteroatoms. The van der Waals surface area contributed by atoms with Crippen molar-refractivity contribution in [3.63, 3.8) is 0 Å². The highest BCUT2D eigenvalue weighted by Gasteiger charge is 2.31. The second kappa shape index (κ2) is 8.11. The standard InChI is InChI=1S/C24H26N2O3/c27-21(16-26-12-10-18(11-13-26)24-28-14-15-29-24)22-19-8-4-5-9-20(19)25-23(22)17-6-2-1-3-7-17/h1-9,18,24-25H,10-16H2. The summed E-state index contributed by atoms with van der Waals surface area (Å²) in [5.41, 5.74) is 3.76. The molecule has 2 aromatic carbocycles. The summed E-state index contributed by atoms with van der Waals surface area (Å²) in [5, 5.41) is 0.999. The number of carbonyl (C=O) groups excluding carboxylic acids is 1. The number of benzene rings is 2. The van der Waals surface area contributed by atoms with Gasteiger partial charge in [-0.25, -0.2) is 0 Å². The molecule has 5 nitrogen and oxygen atoms in total. The molecule has 0 saturated carbocycles. The Balaban J connectivity index is 1.36. The third kappa shape index (κ3) is 3.73. The number of H-pyrrole nitrogens is 1. The average molecular weight is 390 g/mol. The van der Waals surface area contributed by atoms with Crippen LogP contribution < -0.4 is 0 Å². The summed E-state index contributed by atoms with van der Waals surface area (Å²) in [6.07, 6.45) is 1.97. The van der Waals surface area contributed by atoms with Crippen LogP contribution in [0.2, 0.25) is 0 Å². The second-order valence-electron chi connectivity index (χ2n) is 7.93. The molecule has 0 atom stereocenters. The molecule has 2 aliphatic rings. The molecule has 0 amide bonds. The van der Waals surface area contributed by atoms with Crippen LogP contribution in [0, 0.1) is 5.92 Å². The molecule has 5 rings (SSSR count). The van der Waals surface area contributed by atoms with E-state index in [4.69, 9.17) is 9.47 Å². The molecule has 0 unspecified atom stereocenters. The van der Waals surface area contributed by atoms with Gasteiger partial charge in [0.05, 0.1) is 31.0 Å². The molecule has 150 valence electrons. The van der Waals surface area contributed by atoms with E-state index in [1.165, 1.54) is 0 Å². The van der Waals surface area contributed by atoms with Crippen LogP contribution in [0.4, 0.5) is 0 Å². The Labute approximate surface area is 170 Å². The number of ketones is 1. The fourth-order valence-electron chi connectivity index (χ4n) is 4.57. The van der Waals surface area contributed by atoms with Crippen LogP contribution in [-0.4, -0.2) is 54.8 Å². The van der Waals surface area contributed by atoms with Gasteiger partial charge in [-0.2, -0.15) is 0 Å². The number of aromatic amines is 1. The minimum absolute atomic E-state index is 0.0499. The van der Waals surface area contributed by atoms with Crippen LogP contribution in [0.3, 0.4) is 0 Å². The topological polar surface area (TPSA) is 54.6 Å². The third-order valence-corrected chi connectivity index (χ3v) is 6.08. The van der Waals surface area contributed by atoms with E-state index in [2.05, 4.69) is 22.0 Å². The number of hydrogen-bond donors (Lipinski definition) is 1. The molecule has 2 saturated heterocycles. The number of nitrogens with one attached hydrogen (secondary N) is 1. The number of para-hydroxylation sites is 1. The highest BCUT2D eigenvalue weighted by molar-refractivity contribution is 6.14. The summed E-state index contributed by atoms with van der Waals surface area (Å²) in [6, 6.07) is 18.2. The van der Waals surface area contributed by atoms with E-state index in [9.17, 15) is 4.79 Å². The molecule has 0 radical (unpaired) electrons. The SMILES string of the molecule is O=C(CN1CCC(C2OCCO2)CC1)c1c(-c2ccccc2)[nH]c2ccccc12. The third-order valence-electron chi connectivity index (χ3n) is 6.08. The molecule has 1 N–H and O–H groups in total. The van der Waals surface area contributed by atoms with Crippen LogP contribution in [0.25, 0.3) is 22.2 Å². The van der Waals surface area contributed by atoms with Crippen molar-refractivity contribution >= 4 is 16.7 Å². The maximum absolute atomic E-state index is 13.4. The zero-order valence-corrected chi connectivity index (χ0v) is 16.5. The molecule has 0 spiro atoms. The molecular formula is C24H26N2O3. The Morgan fingerprint density at radius 1 is 0.966 bits per heavy atom. The van der Waals surface area contributed by atoms with Crippen LogP contribution in [0.15, 0.2) is 54.6 Å². The lowest BCUT2D eigenvalue weighted by Gasteiger charge is -2.33. The Bertz CT molecular complexity index is 984. The fourth-order valence-corrected chi connectivity index (χ4v) is 4.57. The first kappa shape index (κ1) is 18.6. The number of carbonyl (C=O) groups is 1. The molecular weight excluding hydrogens is 364 g/mol. The summed E-state index contributed by atoms with van der Waals surface area (Å²) in [4.78, 5) is 19.1. The number of Topliss-reactive ketones (excluding diaryl/α,β-unsaturated/α-hetero) is 1. The predicted molar refractivity (Wildman–Crippen MR) is 113 cm³/mol. The zero-order valence-electron chi connectivity index (χ0n) is 16.5. The van der Waals surface area contributed by atoms with Gasteiger partial charge in [0.1, 0.15) is 0 Å². The van der Waals surface area contributed by atoms with Crippen LogP contribution in [-0.2, 0) is 9.47 Å². The Morgan fingerprint density at radius 3 is 2.41 bits per heavy atom. The number of aromatic nitrogens is 1. The number of rotatable bonds is 5. The van der Waals surface area contributed by atoms with E-state index in [1.54, 1.807) is 0 Å². The maximum atomic E-state index is 13.4. The van der Waals surface area contributed by atoms with Crippen LogP contribution in [0.1, 0.15) is 23.2 Å². The Hall–Kier alpha value is -2.47. The minimum atomic E-state index is -0.0499. The zero-order chi connectivity index (χ0) is 19.6. The molecule has 1 aromatic heterocycles. The van der Waals surface area contributed by atoms with Gasteiger partial charge < -0.3 is 14.5 Å². The average Bonchev–Trinajstić information content (AvgIpc) is 3.43. The van der Waals surface area contributed by atoms with Crippen molar-refractivity contribution in [2.24, 2.45) is 5.92 Å². The first-order chi connectivity index (χ1) is 14.3. The van der Waals surface area contributed by atoms with Crippen molar-refractivity contribution in [1.29, 1.82) is 0 Å². The minimum Gasteiger partial charge on any atom is -0.354 e. The Morgan fingerprint density at radius 2 is 1.66 bits per heavy atom. The molecule has 29 heavy (non-hydrogen) atoms. The van der Waals surface area contributed by atoms with Gasteiger partial charge in [-0.15, -0.1) is 0 Å². The molecule has 2 fully saturated rings. The number of nitrogens with zero attached hydrogens (tertiary/aromatic N) is 1. The lowest BCUT2D eigenvalue weighted by Crippen LogP contribution is -2.40. The highest BCUT2D eigenvalue weighted by Crippen LogP contribution is 2.31. The lowest BCUT2D eigenvalue weighted by atomic mass is 9.95. The fraction of sp³-hybridized carbons (Fsp3) is 0.375. The summed E-state index contributed by atoms with van der Waals surface area (Å²) in [7, 11) is 0. The van der Waals surface area contributed by atoms with Crippen molar-refractivity contribution in [2.75, 3.05) is 32.8 Å². The van der Waals surface area contributed by atoms with Crippen molar-refractivity contribution in [2.45, 2.75) is 19.1 Å².